The Morgan fingerprint density at radius 3 is 2.65 bits per heavy atom. The Morgan fingerprint density at radius 2 is 2.06 bits per heavy atom. The van der Waals surface area contributed by atoms with Gasteiger partial charge in [0.15, 0.2) is 0 Å². The first kappa shape index (κ1) is 13.8. The molecule has 1 aliphatic carbocycles. The third kappa shape index (κ3) is 3.59. The third-order valence-corrected chi connectivity index (χ3v) is 3.28. The summed E-state index contributed by atoms with van der Waals surface area (Å²) in [6.07, 6.45) is 12.3. The minimum Gasteiger partial charge on any atom is -0.0955 e. The van der Waals surface area contributed by atoms with Crippen molar-refractivity contribution in [2.24, 2.45) is 0 Å². The molecule has 1 rings (SSSR count). The molecule has 0 fully saturated rings. The fourth-order valence-corrected chi connectivity index (χ4v) is 2.11. The molecule has 0 saturated heterocycles. The lowest BCUT2D eigenvalue weighted by Gasteiger charge is -2.18. The molecule has 0 heterocycles. The van der Waals surface area contributed by atoms with Gasteiger partial charge in [0.2, 0.25) is 0 Å². The van der Waals surface area contributed by atoms with Gasteiger partial charge < -0.3 is 0 Å². The smallest absolute Gasteiger partial charge is 0.0201 e. The van der Waals surface area contributed by atoms with Crippen molar-refractivity contribution in [1.29, 1.82) is 0 Å². The minimum atomic E-state index is 1.09. The molecular formula is C17H24. The summed E-state index contributed by atoms with van der Waals surface area (Å²) in [5.74, 6) is 0. The monoisotopic (exact) mass is 228 g/mol. The highest BCUT2D eigenvalue weighted by Gasteiger charge is 2.11. The van der Waals surface area contributed by atoms with E-state index >= 15 is 0 Å². The second-order valence-electron chi connectivity index (χ2n) is 4.73. The van der Waals surface area contributed by atoms with Crippen LogP contribution in [0.25, 0.3) is 0 Å². The Balaban J connectivity index is 3.16. The average molecular weight is 228 g/mol. The van der Waals surface area contributed by atoms with E-state index in [2.05, 4.69) is 58.6 Å². The van der Waals surface area contributed by atoms with Gasteiger partial charge in [0.25, 0.3) is 0 Å². The second kappa shape index (κ2) is 6.44. The molecule has 0 heteroatoms. The van der Waals surface area contributed by atoms with Gasteiger partial charge in [0.05, 0.1) is 0 Å². The van der Waals surface area contributed by atoms with Gasteiger partial charge in [0, 0.05) is 0 Å². The molecule has 0 saturated carbocycles. The van der Waals surface area contributed by atoms with Gasteiger partial charge >= 0.3 is 0 Å². The van der Waals surface area contributed by atoms with Crippen LogP contribution in [0, 0.1) is 0 Å². The molecule has 17 heavy (non-hydrogen) atoms. The molecule has 0 nitrogen and oxygen atoms in total. The van der Waals surface area contributed by atoms with Crippen LogP contribution in [0.4, 0.5) is 0 Å². The molecule has 0 aliphatic heterocycles. The predicted molar refractivity (Wildman–Crippen MR) is 78.0 cm³/mol. The highest BCUT2D eigenvalue weighted by molar-refractivity contribution is 5.52. The van der Waals surface area contributed by atoms with E-state index in [1.165, 1.54) is 27.9 Å². The molecule has 0 radical (unpaired) electrons. The molecule has 0 aromatic carbocycles. The highest BCUT2D eigenvalue weighted by atomic mass is 14.2. The summed E-state index contributed by atoms with van der Waals surface area (Å²) in [6, 6.07) is 0. The lowest BCUT2D eigenvalue weighted by atomic mass is 9.87. The number of allylic oxidation sites excluding steroid dienone is 9. The van der Waals surface area contributed by atoms with Gasteiger partial charge in [-0.15, -0.1) is 0 Å². The molecule has 1 aliphatic rings. The summed E-state index contributed by atoms with van der Waals surface area (Å²) in [7, 11) is 0. The first-order chi connectivity index (χ1) is 8.07. The minimum absolute atomic E-state index is 1.09. The van der Waals surface area contributed by atoms with Crippen LogP contribution in [0.2, 0.25) is 0 Å². The van der Waals surface area contributed by atoms with Crippen LogP contribution in [0.3, 0.4) is 0 Å². The van der Waals surface area contributed by atoms with E-state index < -0.39 is 0 Å². The molecular weight excluding hydrogens is 204 g/mol. The SMILES string of the molecule is C=C(C)C1=C(/C(C)=C(C)/C=C\CC)CCC=C1. The molecule has 0 atom stereocenters. The van der Waals surface area contributed by atoms with E-state index in [1.54, 1.807) is 0 Å². The first-order valence-electron chi connectivity index (χ1n) is 6.47. The number of hydrogen-bond donors (Lipinski definition) is 0. The summed E-state index contributed by atoms with van der Waals surface area (Å²) in [6.45, 7) is 12.8. The van der Waals surface area contributed by atoms with E-state index in [0.717, 1.165) is 19.3 Å². The van der Waals surface area contributed by atoms with Crippen molar-refractivity contribution in [2.75, 3.05) is 0 Å². The summed E-state index contributed by atoms with van der Waals surface area (Å²) in [4.78, 5) is 0. The van der Waals surface area contributed by atoms with Gasteiger partial charge in [-0.1, -0.05) is 43.4 Å². The molecule has 0 aromatic rings. The summed E-state index contributed by atoms with van der Waals surface area (Å²) >= 11 is 0. The van der Waals surface area contributed by atoms with E-state index in [9.17, 15) is 0 Å². The van der Waals surface area contributed by atoms with Crippen LogP contribution in [0.1, 0.15) is 47.0 Å². The largest absolute Gasteiger partial charge is 0.0955 e. The topological polar surface area (TPSA) is 0 Å². The normalized spacial score (nSPS) is 17.6. The Morgan fingerprint density at radius 1 is 1.35 bits per heavy atom. The van der Waals surface area contributed by atoms with Gasteiger partial charge in [-0.2, -0.15) is 0 Å². The third-order valence-electron chi connectivity index (χ3n) is 3.28. The van der Waals surface area contributed by atoms with Crippen molar-refractivity contribution in [3.05, 3.63) is 58.7 Å². The molecule has 92 valence electrons. The van der Waals surface area contributed by atoms with Crippen molar-refractivity contribution in [2.45, 2.75) is 47.0 Å². The fourth-order valence-electron chi connectivity index (χ4n) is 2.11. The molecule has 0 spiro atoms. The maximum atomic E-state index is 4.08. The Labute approximate surface area is 106 Å². The van der Waals surface area contributed by atoms with Gasteiger partial charge in [0.1, 0.15) is 0 Å². The van der Waals surface area contributed by atoms with Crippen LogP contribution in [0.15, 0.2) is 58.7 Å². The predicted octanol–water partition coefficient (Wildman–Crippen LogP) is 5.51. The van der Waals surface area contributed by atoms with Crippen molar-refractivity contribution in [1.82, 2.24) is 0 Å². The Hall–Kier alpha value is -1.30. The first-order valence-corrected chi connectivity index (χ1v) is 6.47. The van der Waals surface area contributed by atoms with Crippen molar-refractivity contribution < 1.29 is 0 Å². The lowest BCUT2D eigenvalue weighted by Crippen LogP contribution is -1.99. The Bertz CT molecular complexity index is 411. The maximum absolute atomic E-state index is 4.08. The van der Waals surface area contributed by atoms with Crippen LogP contribution in [-0.4, -0.2) is 0 Å². The molecule has 0 aromatic heterocycles. The van der Waals surface area contributed by atoms with Crippen molar-refractivity contribution >= 4 is 0 Å². The molecule has 0 N–H and O–H groups in total. The van der Waals surface area contributed by atoms with Crippen LogP contribution in [-0.2, 0) is 0 Å². The van der Waals surface area contributed by atoms with Gasteiger partial charge in [-0.3, -0.25) is 0 Å². The highest BCUT2D eigenvalue weighted by Crippen LogP contribution is 2.30. The van der Waals surface area contributed by atoms with E-state index in [1.807, 2.05) is 0 Å². The Kier molecular flexibility index (Phi) is 5.21. The molecule has 0 unspecified atom stereocenters. The van der Waals surface area contributed by atoms with E-state index in [-0.39, 0.29) is 0 Å². The van der Waals surface area contributed by atoms with Crippen LogP contribution < -0.4 is 0 Å². The van der Waals surface area contributed by atoms with E-state index in [0.29, 0.717) is 0 Å². The van der Waals surface area contributed by atoms with E-state index in [4.69, 9.17) is 0 Å². The lowest BCUT2D eigenvalue weighted by molar-refractivity contribution is 0.944. The average Bonchev–Trinajstić information content (AvgIpc) is 2.34. The second-order valence-corrected chi connectivity index (χ2v) is 4.73. The fraction of sp³-hybridized carbons (Fsp3) is 0.412. The molecule has 0 amide bonds. The molecule has 0 bridgehead atoms. The van der Waals surface area contributed by atoms with Crippen LogP contribution in [0.5, 0.6) is 0 Å². The standard InChI is InChI=1S/C17H24/c1-6-7-10-14(4)15(5)17-12-9-8-11-16(17)13(2)3/h7-8,10-11H,2,6,9,12H2,1,3-5H3/b10-7-,15-14+. The summed E-state index contributed by atoms with van der Waals surface area (Å²) in [5.41, 5.74) is 6.76. The zero-order valence-electron chi connectivity index (χ0n) is 11.6. The summed E-state index contributed by atoms with van der Waals surface area (Å²) < 4.78 is 0. The van der Waals surface area contributed by atoms with Gasteiger partial charge in [-0.05, 0) is 62.3 Å². The zero-order chi connectivity index (χ0) is 12.8. The zero-order valence-corrected chi connectivity index (χ0v) is 11.6. The van der Waals surface area contributed by atoms with Crippen LogP contribution >= 0.6 is 0 Å². The van der Waals surface area contributed by atoms with Crippen molar-refractivity contribution in [3.63, 3.8) is 0 Å². The number of rotatable bonds is 4. The maximum Gasteiger partial charge on any atom is -0.0201 e. The summed E-state index contributed by atoms with van der Waals surface area (Å²) in [5, 5.41) is 0. The van der Waals surface area contributed by atoms with Gasteiger partial charge in [-0.25, -0.2) is 0 Å². The number of hydrogen-bond acceptors (Lipinski definition) is 0. The van der Waals surface area contributed by atoms with Crippen molar-refractivity contribution in [3.8, 4) is 0 Å². The quantitative estimate of drug-likeness (QED) is 0.556.